The van der Waals surface area contributed by atoms with Crippen LogP contribution < -0.4 is 5.73 Å². The third kappa shape index (κ3) is 10.8. The average Bonchev–Trinajstić information content (AvgIpc) is 2.34. The van der Waals surface area contributed by atoms with E-state index in [1.165, 1.54) is 64.2 Å². The molecule has 2 unspecified atom stereocenters. The molecule has 1 heteroatoms. The predicted octanol–water partition coefficient (Wildman–Crippen LogP) is 5.14. The third-order valence-electron chi connectivity index (χ3n) is 3.98. The van der Waals surface area contributed by atoms with E-state index in [1.807, 2.05) is 0 Å². The highest BCUT2D eigenvalue weighted by Crippen LogP contribution is 2.20. The molecule has 0 saturated heterocycles. The number of rotatable bonds is 12. The van der Waals surface area contributed by atoms with Crippen LogP contribution in [0.4, 0.5) is 0 Å². The first-order valence-corrected chi connectivity index (χ1v) is 7.94. The van der Waals surface area contributed by atoms with E-state index in [1.54, 1.807) is 0 Å². The van der Waals surface area contributed by atoms with Crippen molar-refractivity contribution in [2.45, 2.75) is 85.0 Å². The summed E-state index contributed by atoms with van der Waals surface area (Å²) in [4.78, 5) is 0. The highest BCUT2D eigenvalue weighted by Gasteiger charge is 2.05. The van der Waals surface area contributed by atoms with Gasteiger partial charge in [-0.05, 0) is 31.2 Å². The van der Waals surface area contributed by atoms with E-state index in [-0.39, 0.29) is 0 Å². The van der Waals surface area contributed by atoms with Gasteiger partial charge in [-0.25, -0.2) is 0 Å². The fourth-order valence-electron chi connectivity index (χ4n) is 2.67. The molecule has 2 N–H and O–H groups in total. The van der Waals surface area contributed by atoms with Gasteiger partial charge in [0, 0.05) is 0 Å². The van der Waals surface area contributed by atoms with Crippen molar-refractivity contribution < 1.29 is 0 Å². The third-order valence-corrected chi connectivity index (χ3v) is 3.98. The van der Waals surface area contributed by atoms with Crippen LogP contribution in [-0.2, 0) is 0 Å². The van der Waals surface area contributed by atoms with Gasteiger partial charge in [-0.1, -0.05) is 72.1 Å². The quantitative estimate of drug-likeness (QED) is 0.470. The Morgan fingerprint density at radius 2 is 1.47 bits per heavy atom. The van der Waals surface area contributed by atoms with Gasteiger partial charge in [0.1, 0.15) is 0 Å². The molecule has 0 heterocycles. The molecule has 17 heavy (non-hydrogen) atoms. The van der Waals surface area contributed by atoms with Gasteiger partial charge >= 0.3 is 0 Å². The summed E-state index contributed by atoms with van der Waals surface area (Å²) < 4.78 is 0. The Kier molecular flexibility index (Phi) is 12.4. The molecule has 0 aliphatic carbocycles. The summed E-state index contributed by atoms with van der Waals surface area (Å²) in [7, 11) is 0. The smallest absolute Gasteiger partial charge is 0.00772 e. The molecule has 2 atom stereocenters. The molecule has 0 aromatic carbocycles. The number of hydrogen-bond donors (Lipinski definition) is 1. The summed E-state index contributed by atoms with van der Waals surface area (Å²) in [6, 6.07) is 0. The molecule has 0 aromatic heterocycles. The van der Waals surface area contributed by atoms with E-state index in [4.69, 9.17) is 5.73 Å². The molecule has 0 spiro atoms. The monoisotopic (exact) mass is 241 g/mol. The van der Waals surface area contributed by atoms with Gasteiger partial charge in [-0.2, -0.15) is 0 Å². The Balaban J connectivity index is 3.32. The molecule has 0 aliphatic heterocycles. The summed E-state index contributed by atoms with van der Waals surface area (Å²) >= 11 is 0. The van der Waals surface area contributed by atoms with Crippen LogP contribution in [0.5, 0.6) is 0 Å². The SMILES string of the molecule is CCCC(CC)CCCCCC(C)CCCN. The van der Waals surface area contributed by atoms with Crippen LogP contribution in [0.2, 0.25) is 0 Å². The molecule has 0 bridgehead atoms. The fraction of sp³-hybridized carbons (Fsp3) is 1.00. The van der Waals surface area contributed by atoms with Crippen LogP contribution in [0.1, 0.15) is 85.0 Å². The minimum absolute atomic E-state index is 0.861. The van der Waals surface area contributed by atoms with Gasteiger partial charge in [-0.15, -0.1) is 0 Å². The molecule has 1 nitrogen and oxygen atoms in total. The summed E-state index contributed by atoms with van der Waals surface area (Å²) in [5, 5.41) is 0. The van der Waals surface area contributed by atoms with E-state index >= 15 is 0 Å². The Morgan fingerprint density at radius 3 is 2.06 bits per heavy atom. The second kappa shape index (κ2) is 12.4. The molecule has 0 aromatic rings. The van der Waals surface area contributed by atoms with Crippen molar-refractivity contribution >= 4 is 0 Å². The highest BCUT2D eigenvalue weighted by atomic mass is 14.5. The first-order valence-electron chi connectivity index (χ1n) is 7.94. The zero-order valence-corrected chi connectivity index (χ0v) is 12.5. The van der Waals surface area contributed by atoms with Gasteiger partial charge in [-0.3, -0.25) is 0 Å². The van der Waals surface area contributed by atoms with Crippen molar-refractivity contribution in [2.24, 2.45) is 17.6 Å². The van der Waals surface area contributed by atoms with Crippen molar-refractivity contribution in [2.75, 3.05) is 6.54 Å². The molecule has 0 saturated carbocycles. The van der Waals surface area contributed by atoms with E-state index in [0.717, 1.165) is 18.4 Å². The summed E-state index contributed by atoms with van der Waals surface area (Å²) in [5.41, 5.74) is 5.53. The fourth-order valence-corrected chi connectivity index (χ4v) is 2.67. The highest BCUT2D eigenvalue weighted by molar-refractivity contribution is 4.59. The van der Waals surface area contributed by atoms with E-state index in [2.05, 4.69) is 20.8 Å². The van der Waals surface area contributed by atoms with Crippen LogP contribution in [-0.4, -0.2) is 6.54 Å². The summed E-state index contributed by atoms with van der Waals surface area (Å²) in [5.74, 6) is 1.88. The van der Waals surface area contributed by atoms with Crippen LogP contribution in [0.15, 0.2) is 0 Å². The maximum atomic E-state index is 5.53. The maximum Gasteiger partial charge on any atom is -0.00772 e. The van der Waals surface area contributed by atoms with Crippen molar-refractivity contribution in [1.82, 2.24) is 0 Å². The molecule has 0 amide bonds. The number of unbranched alkanes of at least 4 members (excludes halogenated alkanes) is 2. The Morgan fingerprint density at radius 1 is 0.824 bits per heavy atom. The normalized spacial score (nSPS) is 14.8. The van der Waals surface area contributed by atoms with Crippen molar-refractivity contribution in [3.63, 3.8) is 0 Å². The Labute approximate surface area is 110 Å². The molecule has 0 aliphatic rings. The van der Waals surface area contributed by atoms with Gasteiger partial charge in [0.25, 0.3) is 0 Å². The number of nitrogens with two attached hydrogens (primary N) is 1. The maximum absolute atomic E-state index is 5.53. The van der Waals surface area contributed by atoms with Crippen LogP contribution in [0, 0.1) is 11.8 Å². The van der Waals surface area contributed by atoms with E-state index in [0.29, 0.717) is 0 Å². The van der Waals surface area contributed by atoms with E-state index < -0.39 is 0 Å². The second-order valence-electron chi connectivity index (χ2n) is 5.74. The minimum atomic E-state index is 0.861. The van der Waals surface area contributed by atoms with Gasteiger partial charge in [0.15, 0.2) is 0 Å². The summed E-state index contributed by atoms with van der Waals surface area (Å²) in [6.07, 6.45) is 13.9. The topological polar surface area (TPSA) is 26.0 Å². The lowest BCUT2D eigenvalue weighted by atomic mass is 9.92. The largest absolute Gasteiger partial charge is 0.330 e. The van der Waals surface area contributed by atoms with Gasteiger partial charge in [0.2, 0.25) is 0 Å². The van der Waals surface area contributed by atoms with Gasteiger partial charge in [0.05, 0.1) is 0 Å². The van der Waals surface area contributed by atoms with Crippen LogP contribution in [0.25, 0.3) is 0 Å². The van der Waals surface area contributed by atoms with Crippen molar-refractivity contribution in [3.8, 4) is 0 Å². The second-order valence-corrected chi connectivity index (χ2v) is 5.74. The lowest BCUT2D eigenvalue weighted by molar-refractivity contribution is 0.396. The average molecular weight is 241 g/mol. The molecule has 0 radical (unpaired) electrons. The summed E-state index contributed by atoms with van der Waals surface area (Å²) in [6.45, 7) is 7.89. The van der Waals surface area contributed by atoms with Crippen molar-refractivity contribution in [1.29, 1.82) is 0 Å². The molecular weight excluding hydrogens is 206 g/mol. The zero-order chi connectivity index (χ0) is 12.9. The molecule has 104 valence electrons. The lowest BCUT2D eigenvalue weighted by Gasteiger charge is -2.14. The zero-order valence-electron chi connectivity index (χ0n) is 12.5. The standard InChI is InChI=1S/C16H35N/c1-4-10-16(5-2)13-8-6-7-11-15(3)12-9-14-17/h15-16H,4-14,17H2,1-3H3. The minimum Gasteiger partial charge on any atom is -0.330 e. The van der Waals surface area contributed by atoms with Crippen molar-refractivity contribution in [3.05, 3.63) is 0 Å². The first kappa shape index (κ1) is 17.0. The van der Waals surface area contributed by atoms with Crippen LogP contribution >= 0.6 is 0 Å². The Hall–Kier alpha value is -0.0400. The van der Waals surface area contributed by atoms with Crippen LogP contribution in [0.3, 0.4) is 0 Å². The number of hydrogen-bond acceptors (Lipinski definition) is 1. The van der Waals surface area contributed by atoms with Gasteiger partial charge < -0.3 is 5.73 Å². The molecule has 0 rings (SSSR count). The predicted molar refractivity (Wildman–Crippen MR) is 79.2 cm³/mol. The Bertz CT molecular complexity index is 144. The first-order chi connectivity index (χ1) is 8.24. The molecular formula is C16H35N. The molecule has 0 fully saturated rings. The lowest BCUT2D eigenvalue weighted by Crippen LogP contribution is -2.03. The van der Waals surface area contributed by atoms with E-state index in [9.17, 15) is 0 Å².